The molecule has 3 aliphatic heterocycles. The van der Waals surface area contributed by atoms with E-state index in [1.165, 1.54) is 47.7 Å². The van der Waals surface area contributed by atoms with Gasteiger partial charge in [-0.25, -0.2) is 15.0 Å². The number of aromatic nitrogens is 9. The number of anilines is 3. The number of hydrogen-bond donors (Lipinski definition) is 6. The van der Waals surface area contributed by atoms with E-state index in [1.54, 1.807) is 32.0 Å². The average Bonchev–Trinajstić information content (AvgIpc) is 1.65. The van der Waals surface area contributed by atoms with Crippen LogP contribution in [0, 0.1) is 48.5 Å². The number of ether oxygens (including phenoxy) is 4. The number of aryl methyl sites for hydroxylation is 4. The molecule has 3 amide bonds. The van der Waals surface area contributed by atoms with Crippen molar-refractivity contribution < 1.29 is 33.3 Å². The van der Waals surface area contributed by atoms with E-state index in [1.807, 2.05) is 147 Å². The van der Waals surface area contributed by atoms with Gasteiger partial charge in [0.25, 0.3) is 28.8 Å². The molecule has 15 rings (SSSR count). The second-order valence-electron chi connectivity index (χ2n) is 33.1. The Morgan fingerprint density at radius 2 is 0.800 bits per heavy atom. The van der Waals surface area contributed by atoms with Crippen molar-refractivity contribution in [1.29, 1.82) is 0 Å². The van der Waals surface area contributed by atoms with E-state index in [-0.39, 0.29) is 53.9 Å². The van der Waals surface area contributed by atoms with Gasteiger partial charge < -0.3 is 82.7 Å². The zero-order chi connectivity index (χ0) is 89.4. The molecule has 12 aromatic rings. The molecule has 26 nitrogen and oxygen atoms in total. The molecule has 0 atom stereocenters. The first kappa shape index (κ1) is 89.8. The molecule has 6 N–H and O–H groups in total. The number of nitrogens with zero attached hydrogens (tertiary/aromatic N) is 10. The average molecular weight is 1690 g/mol. The number of carbonyl (C=O) groups is 3. The van der Waals surface area contributed by atoms with Crippen molar-refractivity contribution in [1.82, 2.24) is 64.0 Å². The van der Waals surface area contributed by atoms with Crippen LogP contribution in [0.3, 0.4) is 0 Å². The summed E-state index contributed by atoms with van der Waals surface area (Å²) in [6.07, 6.45) is 18.1. The maximum atomic E-state index is 13.9. The molecule has 0 aliphatic carbocycles. The van der Waals surface area contributed by atoms with Gasteiger partial charge in [0.05, 0.1) is 98.5 Å². The van der Waals surface area contributed by atoms with Crippen LogP contribution in [0.25, 0.3) is 66.7 Å². The third-order valence-corrected chi connectivity index (χ3v) is 24.5. The normalized spacial score (nSPS) is 13.5. The van der Waals surface area contributed by atoms with E-state index in [0.29, 0.717) is 82.7 Å². The van der Waals surface area contributed by atoms with E-state index in [9.17, 15) is 28.8 Å². The molecule has 15 heterocycles. The van der Waals surface area contributed by atoms with E-state index in [4.69, 9.17) is 18.9 Å². The fraction of sp³-hybridized carbons (Fsp3) is 0.364. The zero-order valence-electron chi connectivity index (χ0n) is 75.7. The minimum Gasteiger partial charge on any atom is -0.496 e. The van der Waals surface area contributed by atoms with Gasteiger partial charge in [-0.1, -0.05) is 30.6 Å². The fourth-order valence-corrected chi connectivity index (χ4v) is 17.6. The molecule has 0 unspecified atom stereocenters. The molecule has 0 bridgehead atoms. The fourth-order valence-electron chi connectivity index (χ4n) is 17.6. The van der Waals surface area contributed by atoms with Crippen LogP contribution in [0.4, 0.5) is 17.5 Å². The SMILES string of the molecule is CC(=C1CCOCC1)c1c(C)c(C(=O)NCc2c(C)[nH]c(C)cc2=O)cc2c(-c3ccnc(N(C)C)c3)ccn12.CCC(=C1CCOCC1)c1c(C)c(C(=O)NCc2c(OC)cc(C)[nH]c2=O)cc2c(-c3ccnc(N(C)C)c3)ccn12.CCN1CCC(=C(C)c2c(C)c(C(=O)NCc3c(OC)cc(C)[nH]c3=O)cc3c(-c4ccnc(N(C)C)c4)ccn23)CC1. The largest absolute Gasteiger partial charge is 0.496 e. The monoisotopic (exact) mass is 1690 g/mol. The third-order valence-electron chi connectivity index (χ3n) is 24.5. The van der Waals surface area contributed by atoms with Gasteiger partial charge in [-0.3, -0.25) is 28.8 Å². The van der Waals surface area contributed by atoms with Crippen LogP contribution in [-0.2, 0) is 29.1 Å². The van der Waals surface area contributed by atoms with Crippen molar-refractivity contribution in [3.8, 4) is 44.9 Å². The van der Waals surface area contributed by atoms with E-state index >= 15 is 0 Å². The number of carbonyl (C=O) groups excluding carboxylic acids is 3. The minimum absolute atomic E-state index is 0.0427. The van der Waals surface area contributed by atoms with Gasteiger partial charge in [-0.2, -0.15) is 0 Å². The summed E-state index contributed by atoms with van der Waals surface area (Å²) in [5, 5.41) is 9.02. The number of methoxy groups -OCH3 is 2. The maximum Gasteiger partial charge on any atom is 0.256 e. The van der Waals surface area contributed by atoms with Crippen LogP contribution in [0.2, 0.25) is 0 Å². The van der Waals surface area contributed by atoms with Crippen molar-refractivity contribution in [2.24, 2.45) is 0 Å². The lowest BCUT2D eigenvalue weighted by Gasteiger charge is -2.29. The number of rotatable bonds is 22. The molecule has 12 aromatic heterocycles. The van der Waals surface area contributed by atoms with Crippen LogP contribution >= 0.6 is 0 Å². The lowest BCUT2D eigenvalue weighted by molar-refractivity contribution is 0.0941. The Morgan fingerprint density at radius 1 is 0.448 bits per heavy atom. The number of amides is 3. The smallest absolute Gasteiger partial charge is 0.256 e. The van der Waals surface area contributed by atoms with Crippen molar-refractivity contribution in [2.75, 3.05) is 117 Å². The molecular weight excluding hydrogens is 1570 g/mol. The van der Waals surface area contributed by atoms with Gasteiger partial charge in [0.1, 0.15) is 29.0 Å². The van der Waals surface area contributed by atoms with Gasteiger partial charge in [0, 0.05) is 167 Å². The van der Waals surface area contributed by atoms with E-state index in [2.05, 4.69) is 147 Å². The third kappa shape index (κ3) is 19.4. The summed E-state index contributed by atoms with van der Waals surface area (Å²) in [6, 6.07) is 29.5. The molecule has 26 heteroatoms. The Morgan fingerprint density at radius 3 is 1.16 bits per heavy atom. The first-order valence-corrected chi connectivity index (χ1v) is 42.9. The summed E-state index contributed by atoms with van der Waals surface area (Å²) in [5.74, 6) is 2.79. The second-order valence-corrected chi connectivity index (χ2v) is 33.1. The zero-order valence-corrected chi connectivity index (χ0v) is 75.7. The van der Waals surface area contributed by atoms with Crippen molar-refractivity contribution in [3.05, 3.63) is 266 Å². The van der Waals surface area contributed by atoms with Crippen molar-refractivity contribution >= 4 is 68.4 Å². The number of allylic oxidation sites excluding steroid dienone is 3. The number of nitrogens with one attached hydrogen (secondary N) is 6. The summed E-state index contributed by atoms with van der Waals surface area (Å²) in [4.78, 5) is 110. The lowest BCUT2D eigenvalue weighted by atomic mass is 9.91. The highest BCUT2D eigenvalue weighted by Crippen LogP contribution is 2.41. The predicted molar refractivity (Wildman–Crippen MR) is 500 cm³/mol. The number of pyridine rings is 9. The summed E-state index contributed by atoms with van der Waals surface area (Å²) in [7, 11) is 14.9. The lowest BCUT2D eigenvalue weighted by Crippen LogP contribution is -2.30. The van der Waals surface area contributed by atoms with Crippen LogP contribution in [-0.4, -0.2) is 168 Å². The summed E-state index contributed by atoms with van der Waals surface area (Å²) >= 11 is 0. The van der Waals surface area contributed by atoms with Crippen LogP contribution in [0.15, 0.2) is 159 Å². The molecule has 3 saturated heterocycles. The Labute approximate surface area is 730 Å². The van der Waals surface area contributed by atoms with Crippen LogP contribution in [0.5, 0.6) is 11.5 Å². The number of piperidine rings is 1. The summed E-state index contributed by atoms with van der Waals surface area (Å²) < 4.78 is 28.8. The van der Waals surface area contributed by atoms with E-state index in [0.717, 1.165) is 177 Å². The molecule has 654 valence electrons. The van der Waals surface area contributed by atoms with Gasteiger partial charge in [-0.15, -0.1) is 0 Å². The van der Waals surface area contributed by atoms with Crippen molar-refractivity contribution in [2.45, 2.75) is 141 Å². The molecule has 125 heavy (non-hydrogen) atoms. The molecular formula is C99H118N16O10. The highest BCUT2D eigenvalue weighted by molar-refractivity contribution is 6.02. The van der Waals surface area contributed by atoms with E-state index < -0.39 is 0 Å². The Kier molecular flexibility index (Phi) is 28.2. The second kappa shape index (κ2) is 39.3. The summed E-state index contributed by atoms with van der Waals surface area (Å²) in [6.45, 7) is 28.3. The quantitative estimate of drug-likeness (QED) is 0.0368. The van der Waals surface area contributed by atoms with Gasteiger partial charge in [0.2, 0.25) is 0 Å². The van der Waals surface area contributed by atoms with Gasteiger partial charge in [0.15, 0.2) is 5.43 Å². The Balaban J connectivity index is 0.000000161. The molecule has 0 aromatic carbocycles. The predicted octanol–water partition coefficient (Wildman–Crippen LogP) is 15.7. The number of fused-ring (bicyclic) bond motifs is 3. The number of aromatic amines is 3. The molecule has 0 radical (unpaired) electrons. The highest BCUT2D eigenvalue weighted by atomic mass is 16.5. The molecule has 3 aliphatic rings. The van der Waals surface area contributed by atoms with Crippen LogP contribution in [0.1, 0.15) is 177 Å². The molecule has 0 saturated carbocycles. The van der Waals surface area contributed by atoms with Crippen LogP contribution < -0.4 is 56.7 Å². The number of hydrogen-bond acceptors (Lipinski definition) is 17. The first-order chi connectivity index (χ1) is 60.0. The molecule has 0 spiro atoms. The number of H-pyrrole nitrogens is 3. The highest BCUT2D eigenvalue weighted by Gasteiger charge is 2.29. The topological polar surface area (TPSA) is 288 Å². The Bertz CT molecular complexity index is 6370. The standard InChI is InChI=1S/C34H42N6O3.C33H39N5O4.C32H37N5O3/c1-8-39-14-10-24(11-15-39)22(3)32-23(4)27(33(41)36-20-28-30(43-7)17-21(2)37-34(28)42)19-29-26(12-16-40(29)32)25-9-13-35-31(18-25)38(5)6;1-7-24(22-10-14-42-15-11-22)31-21(3)26(32(39)35-19-27-29(41-6)16-20(2)36-33(27)40)18-28-25(9-13-38(28)31)23-8-12-34-30(17-23)37(4)5;1-19-15-29(38)27(22(4)35-19)18-34-32(39)26-17-28-25(24-7-11-33-30(16-24)36(5)6)8-12-37(28)31(21(26)3)20(2)23-9-13-40-14-10-23/h9,12-13,16-19H,8,10-11,14-15,20H2,1-7H3,(H,36,41)(H,37,42);8-9,12-13,16-18H,7,10-11,14-15,19H2,1-6H3,(H,35,39)(H,36,40);7-8,11-12,15-17H,9-10,13-14,18H2,1-6H3,(H,34,39)(H,35,38). The Hall–Kier alpha value is -12.9. The van der Waals surface area contributed by atoms with Gasteiger partial charge >= 0.3 is 0 Å². The first-order valence-electron chi connectivity index (χ1n) is 42.9. The van der Waals surface area contributed by atoms with Crippen molar-refractivity contribution in [3.63, 3.8) is 0 Å². The maximum absolute atomic E-state index is 13.9. The van der Waals surface area contributed by atoms with Gasteiger partial charge in [-0.05, 0) is 249 Å². The summed E-state index contributed by atoms with van der Waals surface area (Å²) in [5.41, 5.74) is 28.0. The minimum atomic E-state index is -0.277. The molecule has 3 fully saturated rings. The number of likely N-dealkylation sites (tertiary alicyclic amines) is 1.